The van der Waals surface area contributed by atoms with Crippen molar-refractivity contribution in [3.63, 3.8) is 0 Å². The van der Waals surface area contributed by atoms with Gasteiger partial charge in [-0.3, -0.25) is 4.79 Å². The Hall–Kier alpha value is -3.12. The Labute approximate surface area is 164 Å². The SMILES string of the molecule is COCCOc1cccc(CNC(=O)CCc2ncc(-c3ccccc3)o2)c1. The van der Waals surface area contributed by atoms with E-state index < -0.39 is 0 Å². The first-order valence-corrected chi connectivity index (χ1v) is 9.22. The molecular formula is C22H24N2O4. The fourth-order valence-electron chi connectivity index (χ4n) is 2.66. The molecule has 1 amide bonds. The lowest BCUT2D eigenvalue weighted by Gasteiger charge is -2.08. The van der Waals surface area contributed by atoms with Gasteiger partial charge in [0.15, 0.2) is 11.7 Å². The van der Waals surface area contributed by atoms with Crippen LogP contribution in [0, 0.1) is 0 Å². The van der Waals surface area contributed by atoms with E-state index in [4.69, 9.17) is 13.9 Å². The summed E-state index contributed by atoms with van der Waals surface area (Å²) in [5.41, 5.74) is 1.95. The van der Waals surface area contributed by atoms with Gasteiger partial charge in [-0.25, -0.2) is 4.98 Å². The third kappa shape index (κ3) is 5.96. The number of nitrogens with zero attached hydrogens (tertiary/aromatic N) is 1. The normalized spacial score (nSPS) is 10.6. The number of nitrogens with one attached hydrogen (secondary N) is 1. The van der Waals surface area contributed by atoms with Gasteiger partial charge in [-0.05, 0) is 17.7 Å². The maximum absolute atomic E-state index is 12.1. The molecule has 28 heavy (non-hydrogen) atoms. The molecule has 0 radical (unpaired) electrons. The molecule has 1 aromatic heterocycles. The summed E-state index contributed by atoms with van der Waals surface area (Å²) in [6.45, 7) is 1.47. The van der Waals surface area contributed by atoms with E-state index in [0.717, 1.165) is 16.9 Å². The van der Waals surface area contributed by atoms with Crippen LogP contribution in [0.4, 0.5) is 0 Å². The predicted octanol–water partition coefficient (Wildman–Crippen LogP) is 3.62. The Morgan fingerprint density at radius 2 is 1.96 bits per heavy atom. The van der Waals surface area contributed by atoms with Crippen LogP contribution in [0.1, 0.15) is 17.9 Å². The first-order chi connectivity index (χ1) is 13.7. The second kappa shape index (κ2) is 10.3. The first kappa shape index (κ1) is 19.6. The summed E-state index contributed by atoms with van der Waals surface area (Å²) in [5.74, 6) is 1.98. The minimum Gasteiger partial charge on any atom is -0.491 e. The van der Waals surface area contributed by atoms with Crippen molar-refractivity contribution in [1.82, 2.24) is 10.3 Å². The average Bonchev–Trinajstić information content (AvgIpc) is 3.21. The van der Waals surface area contributed by atoms with Crippen molar-refractivity contribution in [2.75, 3.05) is 20.3 Å². The van der Waals surface area contributed by atoms with Crippen molar-refractivity contribution >= 4 is 5.91 Å². The summed E-state index contributed by atoms with van der Waals surface area (Å²) in [6.07, 6.45) is 2.47. The van der Waals surface area contributed by atoms with Crippen molar-refractivity contribution in [1.29, 1.82) is 0 Å². The second-order valence-electron chi connectivity index (χ2n) is 6.25. The van der Waals surface area contributed by atoms with E-state index in [9.17, 15) is 4.79 Å². The number of amides is 1. The largest absolute Gasteiger partial charge is 0.491 e. The molecule has 0 aliphatic rings. The molecule has 0 aliphatic heterocycles. The van der Waals surface area contributed by atoms with Crippen LogP contribution in [0.3, 0.4) is 0 Å². The van der Waals surface area contributed by atoms with Crippen molar-refractivity contribution in [2.45, 2.75) is 19.4 Å². The maximum Gasteiger partial charge on any atom is 0.220 e. The second-order valence-corrected chi connectivity index (χ2v) is 6.25. The number of carbonyl (C=O) groups is 1. The van der Waals surface area contributed by atoms with Crippen LogP contribution in [-0.4, -0.2) is 31.2 Å². The zero-order valence-corrected chi connectivity index (χ0v) is 15.9. The molecule has 0 fully saturated rings. The lowest BCUT2D eigenvalue weighted by molar-refractivity contribution is -0.121. The molecule has 6 nitrogen and oxygen atoms in total. The van der Waals surface area contributed by atoms with Crippen molar-refractivity contribution in [3.05, 3.63) is 72.2 Å². The van der Waals surface area contributed by atoms with Gasteiger partial charge in [0.1, 0.15) is 12.4 Å². The highest BCUT2D eigenvalue weighted by Crippen LogP contribution is 2.20. The van der Waals surface area contributed by atoms with Crippen LogP contribution >= 0.6 is 0 Å². The molecule has 0 saturated heterocycles. The quantitative estimate of drug-likeness (QED) is 0.544. The number of aryl methyl sites for hydroxylation is 1. The first-order valence-electron chi connectivity index (χ1n) is 9.22. The molecule has 0 atom stereocenters. The number of oxazole rings is 1. The Kier molecular flexibility index (Phi) is 7.21. The Bertz CT molecular complexity index is 877. The number of aromatic nitrogens is 1. The molecule has 0 unspecified atom stereocenters. The molecule has 146 valence electrons. The number of hydrogen-bond acceptors (Lipinski definition) is 5. The van der Waals surface area contributed by atoms with Crippen molar-refractivity contribution in [2.24, 2.45) is 0 Å². The van der Waals surface area contributed by atoms with Gasteiger partial charge in [0, 0.05) is 32.1 Å². The molecule has 3 aromatic rings. The van der Waals surface area contributed by atoms with E-state index in [1.165, 1.54) is 0 Å². The number of methoxy groups -OCH3 is 1. The molecule has 0 spiro atoms. The van der Waals surface area contributed by atoms with Crippen molar-refractivity contribution in [3.8, 4) is 17.1 Å². The molecule has 3 rings (SSSR count). The number of hydrogen-bond donors (Lipinski definition) is 1. The highest BCUT2D eigenvalue weighted by Gasteiger charge is 2.09. The van der Waals surface area contributed by atoms with E-state index in [2.05, 4.69) is 10.3 Å². The fourth-order valence-corrected chi connectivity index (χ4v) is 2.66. The van der Waals surface area contributed by atoms with Gasteiger partial charge < -0.3 is 19.2 Å². The van der Waals surface area contributed by atoms with Crippen LogP contribution in [0.2, 0.25) is 0 Å². The summed E-state index contributed by atoms with van der Waals surface area (Å²) >= 11 is 0. The van der Waals surface area contributed by atoms with Gasteiger partial charge in [-0.1, -0.05) is 42.5 Å². The lowest BCUT2D eigenvalue weighted by Crippen LogP contribution is -2.23. The van der Waals surface area contributed by atoms with Gasteiger partial charge in [0.25, 0.3) is 0 Å². The average molecular weight is 380 g/mol. The number of benzene rings is 2. The molecule has 0 saturated carbocycles. The van der Waals surface area contributed by atoms with Crippen molar-refractivity contribution < 1.29 is 18.7 Å². The molecular weight excluding hydrogens is 356 g/mol. The Morgan fingerprint density at radius 3 is 2.79 bits per heavy atom. The van der Waals surface area contributed by atoms with Gasteiger partial charge in [0.2, 0.25) is 5.91 Å². The predicted molar refractivity (Wildman–Crippen MR) is 106 cm³/mol. The molecule has 1 heterocycles. The van der Waals surface area contributed by atoms with Crippen LogP contribution in [0.25, 0.3) is 11.3 Å². The van der Waals surface area contributed by atoms with Gasteiger partial charge in [0.05, 0.1) is 12.8 Å². The molecule has 2 aromatic carbocycles. The summed E-state index contributed by atoms with van der Waals surface area (Å²) in [4.78, 5) is 16.4. The van der Waals surface area contributed by atoms with Gasteiger partial charge in [-0.15, -0.1) is 0 Å². The highest BCUT2D eigenvalue weighted by atomic mass is 16.5. The molecule has 6 heteroatoms. The number of rotatable bonds is 10. The minimum absolute atomic E-state index is 0.0508. The Morgan fingerprint density at radius 1 is 1.11 bits per heavy atom. The zero-order chi connectivity index (χ0) is 19.6. The van der Waals surface area contributed by atoms with Gasteiger partial charge >= 0.3 is 0 Å². The number of ether oxygens (including phenoxy) is 2. The fraction of sp³-hybridized carbons (Fsp3) is 0.273. The van der Waals surface area contributed by atoms with E-state index in [1.807, 2.05) is 54.6 Å². The topological polar surface area (TPSA) is 73.6 Å². The van der Waals surface area contributed by atoms with E-state index in [1.54, 1.807) is 13.3 Å². The summed E-state index contributed by atoms with van der Waals surface area (Å²) in [5, 5.41) is 2.91. The molecule has 0 aliphatic carbocycles. The smallest absolute Gasteiger partial charge is 0.220 e. The van der Waals surface area contributed by atoms with E-state index in [-0.39, 0.29) is 5.91 Å². The maximum atomic E-state index is 12.1. The number of carbonyl (C=O) groups excluding carboxylic acids is 1. The zero-order valence-electron chi connectivity index (χ0n) is 15.9. The summed E-state index contributed by atoms with van der Waals surface area (Å²) < 4.78 is 16.3. The molecule has 0 bridgehead atoms. The van der Waals surface area contributed by atoms with Crippen LogP contribution in [0.5, 0.6) is 5.75 Å². The summed E-state index contributed by atoms with van der Waals surface area (Å²) in [6, 6.07) is 17.4. The molecule has 1 N–H and O–H groups in total. The summed E-state index contributed by atoms with van der Waals surface area (Å²) in [7, 11) is 1.63. The monoisotopic (exact) mass is 380 g/mol. The van der Waals surface area contributed by atoms with Crippen LogP contribution < -0.4 is 10.1 Å². The van der Waals surface area contributed by atoms with Crippen LogP contribution in [-0.2, 0) is 22.5 Å². The standard InChI is InChI=1S/C22H24N2O4/c1-26-12-13-27-19-9-5-6-17(14-19)15-23-21(25)10-11-22-24-16-20(28-22)18-7-3-2-4-8-18/h2-9,14,16H,10-13,15H2,1H3,(H,23,25). The van der Waals surface area contributed by atoms with E-state index in [0.29, 0.717) is 44.3 Å². The minimum atomic E-state index is -0.0508. The Balaban J connectivity index is 1.44. The third-order valence-corrected chi connectivity index (χ3v) is 4.12. The van der Waals surface area contributed by atoms with Crippen LogP contribution in [0.15, 0.2) is 65.2 Å². The van der Waals surface area contributed by atoms with E-state index >= 15 is 0 Å². The lowest BCUT2D eigenvalue weighted by atomic mass is 10.2. The van der Waals surface area contributed by atoms with Gasteiger partial charge in [-0.2, -0.15) is 0 Å². The third-order valence-electron chi connectivity index (χ3n) is 4.12. The highest BCUT2D eigenvalue weighted by molar-refractivity contribution is 5.76.